The molecule has 4 heteroatoms. The van der Waals surface area contributed by atoms with E-state index in [1.165, 1.54) is 22.3 Å². The van der Waals surface area contributed by atoms with Gasteiger partial charge in [0.25, 0.3) is 0 Å². The third-order valence-corrected chi connectivity index (χ3v) is 5.61. The second-order valence-corrected chi connectivity index (χ2v) is 7.36. The van der Waals surface area contributed by atoms with Crippen LogP contribution in [0.25, 0.3) is 0 Å². The normalized spacial score (nSPS) is 21.3. The van der Waals surface area contributed by atoms with Crippen LogP contribution in [0.15, 0.2) is 70.5 Å². The molecule has 0 spiro atoms. The van der Waals surface area contributed by atoms with Crippen LogP contribution in [0, 0.1) is 6.92 Å². The molecule has 0 aliphatic carbocycles. The van der Waals surface area contributed by atoms with Crippen molar-refractivity contribution in [1.29, 1.82) is 0 Å². The second-order valence-electron chi connectivity index (χ2n) is 6.58. The fraction of sp³-hybridized carbons (Fsp3) is 0.190. The number of nitrogens with zero attached hydrogens (tertiary/aromatic N) is 2. The van der Waals surface area contributed by atoms with Crippen LogP contribution in [0.3, 0.4) is 0 Å². The fourth-order valence-corrected chi connectivity index (χ4v) is 4.26. The minimum Gasteiger partial charge on any atom is -0.464 e. The largest absolute Gasteiger partial charge is 0.464 e. The zero-order chi connectivity index (χ0) is 16.8. The van der Waals surface area contributed by atoms with Crippen LogP contribution in [-0.4, -0.2) is 10.7 Å². The van der Waals surface area contributed by atoms with E-state index in [0.717, 1.165) is 17.9 Å². The summed E-state index contributed by atoms with van der Waals surface area (Å²) in [7, 11) is 0. The number of aryl methyl sites for hydroxylation is 1. The number of benzene rings is 2. The molecule has 124 valence electrons. The molecular weight excluding hydrogens is 328 g/mol. The molecule has 0 saturated heterocycles. The van der Waals surface area contributed by atoms with Crippen molar-refractivity contribution >= 4 is 17.0 Å². The summed E-state index contributed by atoms with van der Waals surface area (Å²) in [6, 6.07) is 19.3. The lowest BCUT2D eigenvalue weighted by molar-refractivity contribution is -0.0187. The molecule has 2 atom stereocenters. The lowest BCUT2D eigenvalue weighted by Gasteiger charge is -2.37. The first-order valence-corrected chi connectivity index (χ1v) is 9.44. The van der Waals surface area contributed by atoms with Gasteiger partial charge in [0, 0.05) is 17.5 Å². The molecule has 3 nitrogen and oxygen atoms in total. The maximum Gasteiger partial charge on any atom is 0.214 e. The van der Waals surface area contributed by atoms with Gasteiger partial charge in [-0.1, -0.05) is 48.0 Å². The maximum atomic E-state index is 6.32. The number of thiophene rings is 1. The van der Waals surface area contributed by atoms with Crippen LogP contribution in [0.2, 0.25) is 0 Å². The zero-order valence-corrected chi connectivity index (χ0v) is 14.7. The Kier molecular flexibility index (Phi) is 3.38. The van der Waals surface area contributed by atoms with Gasteiger partial charge in [0.05, 0.1) is 11.8 Å². The van der Waals surface area contributed by atoms with Gasteiger partial charge in [0.2, 0.25) is 6.23 Å². The molecule has 25 heavy (non-hydrogen) atoms. The Labute approximate surface area is 151 Å². The Morgan fingerprint density at radius 3 is 2.72 bits per heavy atom. The van der Waals surface area contributed by atoms with Gasteiger partial charge in [-0.3, -0.25) is 0 Å². The summed E-state index contributed by atoms with van der Waals surface area (Å²) in [5.74, 6) is 0.973. The summed E-state index contributed by atoms with van der Waals surface area (Å²) in [5.41, 5.74) is 5.98. The molecule has 2 aliphatic rings. The highest BCUT2D eigenvalue weighted by Gasteiger charge is 2.40. The summed E-state index contributed by atoms with van der Waals surface area (Å²) in [4.78, 5) is 0. The molecule has 2 aliphatic heterocycles. The number of ether oxygens (including phenoxy) is 1. The number of rotatable bonds is 2. The van der Waals surface area contributed by atoms with Gasteiger partial charge in [-0.25, -0.2) is 5.01 Å². The van der Waals surface area contributed by atoms with E-state index in [0.29, 0.717) is 0 Å². The van der Waals surface area contributed by atoms with E-state index in [1.54, 1.807) is 11.3 Å². The van der Waals surface area contributed by atoms with Crippen molar-refractivity contribution in [3.8, 4) is 5.75 Å². The molecule has 5 rings (SSSR count). The smallest absolute Gasteiger partial charge is 0.214 e. The van der Waals surface area contributed by atoms with Crippen LogP contribution < -0.4 is 4.74 Å². The number of hydrogen-bond acceptors (Lipinski definition) is 4. The first-order valence-electron chi connectivity index (χ1n) is 8.50. The van der Waals surface area contributed by atoms with Crippen LogP contribution >= 0.6 is 11.3 Å². The summed E-state index contributed by atoms with van der Waals surface area (Å²) < 4.78 is 6.32. The van der Waals surface area contributed by atoms with Crippen molar-refractivity contribution in [3.05, 3.63) is 87.6 Å². The van der Waals surface area contributed by atoms with Gasteiger partial charge in [-0.05, 0) is 35.4 Å². The molecular formula is C21H18N2OS. The molecule has 0 saturated carbocycles. The Hall–Kier alpha value is -2.59. The number of fused-ring (bicyclic) bond motifs is 3. The Balaban J connectivity index is 1.59. The predicted octanol–water partition coefficient (Wildman–Crippen LogP) is 5.30. The lowest BCUT2D eigenvalue weighted by Crippen LogP contribution is -2.33. The van der Waals surface area contributed by atoms with Crippen molar-refractivity contribution in [2.75, 3.05) is 0 Å². The monoisotopic (exact) mass is 346 g/mol. The van der Waals surface area contributed by atoms with Gasteiger partial charge >= 0.3 is 0 Å². The average Bonchev–Trinajstić information content (AvgIpc) is 3.32. The van der Waals surface area contributed by atoms with Gasteiger partial charge in [0.1, 0.15) is 5.75 Å². The van der Waals surface area contributed by atoms with Gasteiger partial charge in [-0.2, -0.15) is 16.4 Å². The average molecular weight is 346 g/mol. The standard InChI is InChI=1S/C21H18N2OS/c1-14-6-8-15(9-7-14)18-12-19-17-4-2-3-5-20(17)24-21(23(19)22-18)16-10-11-25-13-16/h2-11,13,19,21H,12H2,1H3/t19-,21-/m1/s1. The molecule has 0 unspecified atom stereocenters. The van der Waals surface area contributed by atoms with Crippen molar-refractivity contribution in [3.63, 3.8) is 0 Å². The maximum absolute atomic E-state index is 6.32. The summed E-state index contributed by atoms with van der Waals surface area (Å²) in [6.45, 7) is 2.11. The minimum absolute atomic E-state index is 0.158. The number of hydrazone groups is 1. The highest BCUT2D eigenvalue weighted by atomic mass is 32.1. The van der Waals surface area contributed by atoms with Crippen LogP contribution in [-0.2, 0) is 0 Å². The Bertz CT molecular complexity index is 931. The molecule has 1 aromatic heterocycles. The number of para-hydroxylation sites is 1. The van der Waals surface area contributed by atoms with E-state index in [-0.39, 0.29) is 12.3 Å². The van der Waals surface area contributed by atoms with Crippen molar-refractivity contribution in [2.45, 2.75) is 25.6 Å². The SMILES string of the molecule is Cc1ccc(C2=NN3[C@H](C2)c2ccccc2O[C@@H]3c2ccsc2)cc1. The van der Waals surface area contributed by atoms with E-state index < -0.39 is 0 Å². The van der Waals surface area contributed by atoms with Crippen LogP contribution in [0.4, 0.5) is 0 Å². The van der Waals surface area contributed by atoms with E-state index in [9.17, 15) is 0 Å². The van der Waals surface area contributed by atoms with E-state index in [4.69, 9.17) is 9.84 Å². The molecule has 0 amide bonds. The predicted molar refractivity (Wildman–Crippen MR) is 101 cm³/mol. The summed E-state index contributed by atoms with van der Waals surface area (Å²) >= 11 is 1.69. The minimum atomic E-state index is -0.158. The van der Waals surface area contributed by atoms with E-state index in [2.05, 4.69) is 71.2 Å². The molecule has 0 N–H and O–H groups in total. The second kappa shape index (κ2) is 5.74. The first-order chi connectivity index (χ1) is 12.3. The molecule has 0 fully saturated rings. The number of hydrogen-bond donors (Lipinski definition) is 0. The van der Waals surface area contributed by atoms with Crippen molar-refractivity contribution < 1.29 is 4.74 Å². The molecule has 0 radical (unpaired) electrons. The third-order valence-electron chi connectivity index (χ3n) is 4.91. The van der Waals surface area contributed by atoms with Gasteiger partial charge < -0.3 is 4.74 Å². The van der Waals surface area contributed by atoms with Crippen LogP contribution in [0.1, 0.15) is 40.9 Å². The Morgan fingerprint density at radius 1 is 1.08 bits per heavy atom. The summed E-state index contributed by atoms with van der Waals surface area (Å²) in [6.07, 6.45) is 0.749. The topological polar surface area (TPSA) is 24.8 Å². The van der Waals surface area contributed by atoms with E-state index in [1.807, 2.05) is 6.07 Å². The first kappa shape index (κ1) is 14.7. The van der Waals surface area contributed by atoms with Gasteiger partial charge in [-0.15, -0.1) is 0 Å². The lowest BCUT2D eigenvalue weighted by atomic mass is 9.96. The quantitative estimate of drug-likeness (QED) is 0.629. The highest BCUT2D eigenvalue weighted by molar-refractivity contribution is 7.07. The van der Waals surface area contributed by atoms with Crippen molar-refractivity contribution in [1.82, 2.24) is 5.01 Å². The van der Waals surface area contributed by atoms with E-state index >= 15 is 0 Å². The molecule has 2 aromatic carbocycles. The Morgan fingerprint density at radius 2 is 1.92 bits per heavy atom. The fourth-order valence-electron chi connectivity index (χ4n) is 3.59. The van der Waals surface area contributed by atoms with Crippen LogP contribution in [0.5, 0.6) is 5.75 Å². The molecule has 3 heterocycles. The van der Waals surface area contributed by atoms with Crippen molar-refractivity contribution in [2.24, 2.45) is 5.10 Å². The molecule has 0 bridgehead atoms. The molecule has 3 aromatic rings. The third kappa shape index (κ3) is 2.45. The highest BCUT2D eigenvalue weighted by Crippen LogP contribution is 2.47. The summed E-state index contributed by atoms with van der Waals surface area (Å²) in [5, 5.41) is 11.4. The van der Waals surface area contributed by atoms with Gasteiger partial charge in [0.15, 0.2) is 0 Å². The zero-order valence-electron chi connectivity index (χ0n) is 13.9.